The Morgan fingerprint density at radius 1 is 1.14 bits per heavy atom. The molecule has 1 saturated carbocycles. The number of carbonyl (C=O) groups excluding carboxylic acids is 2. The van der Waals surface area contributed by atoms with Gasteiger partial charge in [0.25, 0.3) is 5.91 Å². The van der Waals surface area contributed by atoms with Crippen molar-refractivity contribution in [3.63, 3.8) is 0 Å². The van der Waals surface area contributed by atoms with E-state index in [0.29, 0.717) is 11.6 Å². The Kier molecular flexibility index (Phi) is 5.12. The Bertz CT molecular complexity index is 1030. The zero-order valence-electron chi connectivity index (χ0n) is 15.8. The standard InChI is InChI=1S/C22H20FN3O3/c1-14(21(27)24-17-11-9-16(23)10-12-17)29-22(28)20-13-19(15-7-8-15)25-26(20)18-5-3-2-4-6-18/h2-6,9-15H,7-8H2,1H3,(H,24,27)/t14-/m0/s1. The first kappa shape index (κ1) is 18.9. The van der Waals surface area contributed by atoms with E-state index in [9.17, 15) is 14.0 Å². The number of nitrogens with one attached hydrogen (secondary N) is 1. The lowest BCUT2D eigenvalue weighted by Crippen LogP contribution is -2.30. The molecule has 6 nitrogen and oxygen atoms in total. The smallest absolute Gasteiger partial charge is 0.357 e. The minimum atomic E-state index is -1.03. The van der Waals surface area contributed by atoms with Crippen molar-refractivity contribution in [2.45, 2.75) is 31.8 Å². The summed E-state index contributed by atoms with van der Waals surface area (Å²) in [5.74, 6) is -1.16. The molecule has 148 valence electrons. The van der Waals surface area contributed by atoms with Crippen molar-refractivity contribution in [1.29, 1.82) is 0 Å². The minimum absolute atomic E-state index is 0.277. The third-order valence-corrected chi connectivity index (χ3v) is 4.70. The van der Waals surface area contributed by atoms with E-state index in [1.54, 1.807) is 10.7 Å². The molecule has 1 aromatic heterocycles. The second kappa shape index (κ2) is 7.87. The van der Waals surface area contributed by atoms with Crippen molar-refractivity contribution < 1.29 is 18.7 Å². The van der Waals surface area contributed by atoms with Crippen molar-refractivity contribution in [1.82, 2.24) is 9.78 Å². The number of halogens is 1. The molecule has 0 aliphatic heterocycles. The van der Waals surface area contributed by atoms with Crippen LogP contribution in [0.5, 0.6) is 0 Å². The topological polar surface area (TPSA) is 73.2 Å². The van der Waals surface area contributed by atoms with E-state index in [1.807, 2.05) is 30.3 Å². The summed E-state index contributed by atoms with van der Waals surface area (Å²) in [6.45, 7) is 1.49. The van der Waals surface area contributed by atoms with E-state index in [2.05, 4.69) is 10.4 Å². The number of benzene rings is 2. The van der Waals surface area contributed by atoms with Crippen molar-refractivity contribution in [2.75, 3.05) is 5.32 Å². The monoisotopic (exact) mass is 393 g/mol. The Balaban J connectivity index is 1.50. The van der Waals surface area contributed by atoms with Gasteiger partial charge in [-0.15, -0.1) is 0 Å². The molecule has 29 heavy (non-hydrogen) atoms. The highest BCUT2D eigenvalue weighted by atomic mass is 19.1. The lowest BCUT2D eigenvalue weighted by atomic mass is 10.2. The summed E-state index contributed by atoms with van der Waals surface area (Å²) in [5.41, 5.74) is 2.29. The number of hydrogen-bond acceptors (Lipinski definition) is 4. The van der Waals surface area contributed by atoms with Gasteiger partial charge in [0.1, 0.15) is 5.82 Å². The summed E-state index contributed by atoms with van der Waals surface area (Å²) in [6.07, 6.45) is 1.07. The third kappa shape index (κ3) is 4.34. The molecule has 3 aromatic rings. The molecule has 1 amide bonds. The lowest BCUT2D eigenvalue weighted by molar-refractivity contribution is -0.123. The van der Waals surface area contributed by atoms with Gasteiger partial charge in [-0.3, -0.25) is 4.79 Å². The quantitative estimate of drug-likeness (QED) is 0.641. The van der Waals surface area contributed by atoms with Gasteiger partial charge in [0, 0.05) is 11.6 Å². The maximum atomic E-state index is 13.0. The van der Waals surface area contributed by atoms with Crippen LogP contribution in [0.25, 0.3) is 5.69 Å². The van der Waals surface area contributed by atoms with Gasteiger partial charge in [-0.1, -0.05) is 18.2 Å². The second-order valence-electron chi connectivity index (χ2n) is 7.02. The van der Waals surface area contributed by atoms with Gasteiger partial charge < -0.3 is 10.1 Å². The Morgan fingerprint density at radius 2 is 1.83 bits per heavy atom. The Hall–Kier alpha value is -3.48. The maximum absolute atomic E-state index is 13.0. The fourth-order valence-electron chi connectivity index (χ4n) is 2.94. The van der Waals surface area contributed by atoms with Gasteiger partial charge in [-0.2, -0.15) is 5.10 Å². The average molecular weight is 393 g/mol. The number of carbonyl (C=O) groups is 2. The molecule has 1 heterocycles. The van der Waals surface area contributed by atoms with Crippen LogP contribution < -0.4 is 5.32 Å². The van der Waals surface area contributed by atoms with Crippen molar-refractivity contribution in [3.8, 4) is 5.69 Å². The van der Waals surface area contributed by atoms with Crippen LogP contribution in [0.4, 0.5) is 10.1 Å². The van der Waals surface area contributed by atoms with Crippen LogP contribution in [0.1, 0.15) is 41.9 Å². The highest BCUT2D eigenvalue weighted by molar-refractivity contribution is 5.97. The fraction of sp³-hybridized carbons (Fsp3) is 0.227. The number of hydrogen-bond donors (Lipinski definition) is 1. The number of anilines is 1. The SMILES string of the molecule is C[C@H](OC(=O)c1cc(C2CC2)nn1-c1ccccc1)C(=O)Nc1ccc(F)cc1. The van der Waals surface area contributed by atoms with Crippen LogP contribution in [0.2, 0.25) is 0 Å². The number of rotatable bonds is 6. The van der Waals surface area contributed by atoms with E-state index in [-0.39, 0.29) is 5.69 Å². The molecule has 0 radical (unpaired) electrons. The van der Waals surface area contributed by atoms with E-state index in [0.717, 1.165) is 24.2 Å². The molecule has 1 aliphatic rings. The highest BCUT2D eigenvalue weighted by Crippen LogP contribution is 2.39. The first-order chi connectivity index (χ1) is 14.0. The second-order valence-corrected chi connectivity index (χ2v) is 7.02. The van der Waals surface area contributed by atoms with Gasteiger partial charge in [0.15, 0.2) is 11.8 Å². The number of nitrogens with zero attached hydrogens (tertiary/aromatic N) is 2. The molecule has 1 aliphatic carbocycles. The molecule has 1 atom stereocenters. The summed E-state index contributed by atoms with van der Waals surface area (Å²) in [7, 11) is 0. The number of ether oxygens (including phenoxy) is 1. The zero-order chi connectivity index (χ0) is 20.4. The van der Waals surface area contributed by atoms with Crippen LogP contribution >= 0.6 is 0 Å². The predicted molar refractivity (Wildman–Crippen MR) is 105 cm³/mol. The number of amides is 1. The minimum Gasteiger partial charge on any atom is -0.448 e. The van der Waals surface area contributed by atoms with Crippen LogP contribution in [0.15, 0.2) is 60.7 Å². The summed E-state index contributed by atoms with van der Waals surface area (Å²) < 4.78 is 19.9. The van der Waals surface area contributed by atoms with Gasteiger partial charge >= 0.3 is 5.97 Å². The molecular weight excluding hydrogens is 373 g/mol. The first-order valence-corrected chi connectivity index (χ1v) is 9.44. The van der Waals surface area contributed by atoms with Gasteiger partial charge in [-0.25, -0.2) is 13.9 Å². The first-order valence-electron chi connectivity index (χ1n) is 9.44. The molecule has 7 heteroatoms. The summed E-state index contributed by atoms with van der Waals surface area (Å²) in [4.78, 5) is 25.1. The predicted octanol–water partition coefficient (Wildman–Crippen LogP) is 4.07. The van der Waals surface area contributed by atoms with E-state index >= 15 is 0 Å². The Labute approximate surface area is 167 Å². The molecule has 0 unspecified atom stereocenters. The molecule has 2 aromatic carbocycles. The summed E-state index contributed by atoms with van der Waals surface area (Å²) in [5, 5.41) is 7.17. The lowest BCUT2D eigenvalue weighted by Gasteiger charge is -2.14. The molecule has 1 fully saturated rings. The average Bonchev–Trinajstić information content (AvgIpc) is 3.48. The fourth-order valence-corrected chi connectivity index (χ4v) is 2.94. The summed E-state index contributed by atoms with van der Waals surface area (Å²) >= 11 is 0. The van der Waals surface area contributed by atoms with Gasteiger partial charge in [-0.05, 0) is 62.2 Å². The van der Waals surface area contributed by atoms with E-state index in [4.69, 9.17) is 4.74 Å². The van der Waals surface area contributed by atoms with Gasteiger partial charge in [0.2, 0.25) is 0 Å². The van der Waals surface area contributed by atoms with Crippen LogP contribution in [0, 0.1) is 5.82 Å². The molecular formula is C22H20FN3O3. The van der Waals surface area contributed by atoms with E-state index in [1.165, 1.54) is 31.2 Å². The normalized spacial score (nSPS) is 14.3. The molecule has 1 N–H and O–H groups in total. The molecule has 0 bridgehead atoms. The third-order valence-electron chi connectivity index (χ3n) is 4.70. The van der Waals surface area contributed by atoms with Crippen LogP contribution in [0.3, 0.4) is 0 Å². The summed E-state index contributed by atoms with van der Waals surface area (Å²) in [6, 6.07) is 16.4. The zero-order valence-corrected chi connectivity index (χ0v) is 15.8. The van der Waals surface area contributed by atoms with Crippen LogP contribution in [-0.2, 0) is 9.53 Å². The Morgan fingerprint density at radius 3 is 2.48 bits per heavy atom. The molecule has 0 saturated heterocycles. The molecule has 4 rings (SSSR count). The molecule has 0 spiro atoms. The van der Waals surface area contributed by atoms with Crippen LogP contribution in [-0.4, -0.2) is 27.8 Å². The van der Waals surface area contributed by atoms with Crippen molar-refractivity contribution in [3.05, 3.63) is 77.9 Å². The van der Waals surface area contributed by atoms with Crippen molar-refractivity contribution in [2.24, 2.45) is 0 Å². The highest BCUT2D eigenvalue weighted by Gasteiger charge is 2.30. The number of esters is 1. The van der Waals surface area contributed by atoms with Gasteiger partial charge in [0.05, 0.1) is 11.4 Å². The maximum Gasteiger partial charge on any atom is 0.357 e. The van der Waals surface area contributed by atoms with Crippen molar-refractivity contribution >= 4 is 17.6 Å². The largest absolute Gasteiger partial charge is 0.448 e. The number of aromatic nitrogens is 2. The van der Waals surface area contributed by atoms with E-state index < -0.39 is 23.8 Å². The number of para-hydroxylation sites is 1.